The Bertz CT molecular complexity index is 1480. The van der Waals surface area contributed by atoms with Crippen LogP contribution in [-0.2, 0) is 26.2 Å². The molecular formula is C31H37Cl2N3O4S. The van der Waals surface area contributed by atoms with Crippen LogP contribution in [0.2, 0.25) is 10.0 Å². The molecule has 3 aromatic rings. The van der Waals surface area contributed by atoms with Gasteiger partial charge in [0.2, 0.25) is 11.8 Å². The average molecular weight is 619 g/mol. The highest BCUT2D eigenvalue weighted by Crippen LogP contribution is 2.31. The van der Waals surface area contributed by atoms with Crippen LogP contribution in [0.1, 0.15) is 43.9 Å². The summed E-state index contributed by atoms with van der Waals surface area (Å²) in [5, 5.41) is 3.73. The third kappa shape index (κ3) is 8.03. The van der Waals surface area contributed by atoms with Crippen molar-refractivity contribution < 1.29 is 18.0 Å². The number of aryl methyl sites for hydroxylation is 1. The highest BCUT2D eigenvalue weighted by atomic mass is 35.5. The molecule has 7 nitrogen and oxygen atoms in total. The molecule has 1 N–H and O–H groups in total. The third-order valence-electron chi connectivity index (χ3n) is 6.76. The van der Waals surface area contributed by atoms with Crippen LogP contribution in [0.15, 0.2) is 71.6 Å². The standard InChI is InChI=1S/C31H37Cl2N3O4S/c1-6-28(31(38)34-18-21(2)3)35(19-24-10-7-8-11-27(24)33)30(37)20-36(29-13-9-12-26(32)23(29)5)41(39,40)25-16-14-22(4)15-17-25/h7-17,21,28H,6,18-20H2,1-5H3,(H,34,38)/t28-/m0/s1. The zero-order valence-electron chi connectivity index (χ0n) is 24.0. The Hall–Kier alpha value is -3.07. The lowest BCUT2D eigenvalue weighted by atomic mass is 10.1. The number of benzene rings is 3. The molecule has 0 bridgehead atoms. The number of anilines is 1. The smallest absolute Gasteiger partial charge is 0.264 e. The van der Waals surface area contributed by atoms with Gasteiger partial charge in [-0.25, -0.2) is 8.42 Å². The van der Waals surface area contributed by atoms with Gasteiger partial charge in [0.05, 0.1) is 10.6 Å². The quantitative estimate of drug-likeness (QED) is 0.255. The normalized spacial score (nSPS) is 12.2. The van der Waals surface area contributed by atoms with Crippen molar-refractivity contribution in [3.8, 4) is 0 Å². The van der Waals surface area contributed by atoms with E-state index in [1.54, 1.807) is 61.5 Å². The summed E-state index contributed by atoms with van der Waals surface area (Å²) in [6.45, 7) is 9.27. The molecule has 0 aromatic heterocycles. The number of hydrogen-bond donors (Lipinski definition) is 1. The first-order valence-electron chi connectivity index (χ1n) is 13.5. The van der Waals surface area contributed by atoms with E-state index in [9.17, 15) is 18.0 Å². The van der Waals surface area contributed by atoms with Gasteiger partial charge in [0.15, 0.2) is 0 Å². The highest BCUT2D eigenvalue weighted by molar-refractivity contribution is 7.92. The average Bonchev–Trinajstić information content (AvgIpc) is 2.93. The molecule has 0 spiro atoms. The Kier molecular flexibility index (Phi) is 11.2. The van der Waals surface area contributed by atoms with Gasteiger partial charge >= 0.3 is 0 Å². The summed E-state index contributed by atoms with van der Waals surface area (Å²) >= 11 is 12.8. The predicted molar refractivity (Wildman–Crippen MR) is 166 cm³/mol. The van der Waals surface area contributed by atoms with Gasteiger partial charge in [-0.05, 0) is 67.6 Å². The SMILES string of the molecule is CC[C@@H](C(=O)NCC(C)C)N(Cc1ccccc1Cl)C(=O)CN(c1cccc(Cl)c1C)S(=O)(=O)c1ccc(C)cc1. The minimum atomic E-state index is -4.19. The second kappa shape index (κ2) is 14.2. The maximum atomic E-state index is 14.2. The van der Waals surface area contributed by atoms with Gasteiger partial charge in [0, 0.05) is 23.1 Å². The van der Waals surface area contributed by atoms with E-state index in [1.807, 2.05) is 27.7 Å². The van der Waals surface area contributed by atoms with Crippen LogP contribution in [0.4, 0.5) is 5.69 Å². The molecule has 0 heterocycles. The first-order chi connectivity index (χ1) is 19.4. The molecule has 0 saturated carbocycles. The van der Waals surface area contributed by atoms with Gasteiger partial charge in [0.25, 0.3) is 10.0 Å². The number of halogens is 2. The van der Waals surface area contributed by atoms with E-state index >= 15 is 0 Å². The summed E-state index contributed by atoms with van der Waals surface area (Å²) in [6, 6.07) is 17.6. The Labute approximate surface area is 253 Å². The molecule has 0 aliphatic carbocycles. The zero-order chi connectivity index (χ0) is 30.3. The lowest BCUT2D eigenvalue weighted by Crippen LogP contribution is -2.52. The van der Waals surface area contributed by atoms with E-state index < -0.39 is 28.5 Å². The van der Waals surface area contributed by atoms with Crippen LogP contribution < -0.4 is 9.62 Å². The van der Waals surface area contributed by atoms with Gasteiger partial charge < -0.3 is 10.2 Å². The van der Waals surface area contributed by atoms with E-state index in [-0.39, 0.29) is 29.0 Å². The number of hydrogen-bond acceptors (Lipinski definition) is 4. The summed E-state index contributed by atoms with van der Waals surface area (Å²) in [5.41, 5.74) is 2.33. The van der Waals surface area contributed by atoms with E-state index in [4.69, 9.17) is 23.2 Å². The fourth-order valence-electron chi connectivity index (χ4n) is 4.37. The van der Waals surface area contributed by atoms with Crippen molar-refractivity contribution in [2.24, 2.45) is 5.92 Å². The number of sulfonamides is 1. The molecule has 0 saturated heterocycles. The summed E-state index contributed by atoms with van der Waals surface area (Å²) in [5.74, 6) is -0.648. The summed E-state index contributed by atoms with van der Waals surface area (Å²) < 4.78 is 29.2. The largest absolute Gasteiger partial charge is 0.354 e. The van der Waals surface area contributed by atoms with Crippen LogP contribution in [0.3, 0.4) is 0 Å². The van der Waals surface area contributed by atoms with E-state index in [2.05, 4.69) is 5.32 Å². The molecular weight excluding hydrogens is 581 g/mol. The second-order valence-electron chi connectivity index (χ2n) is 10.4. The van der Waals surface area contributed by atoms with Gasteiger partial charge in [-0.1, -0.05) is 85.9 Å². The molecule has 0 fully saturated rings. The Balaban J connectivity index is 2.10. The fourth-order valence-corrected chi connectivity index (χ4v) is 6.21. The van der Waals surface area contributed by atoms with Crippen LogP contribution in [0, 0.1) is 19.8 Å². The maximum Gasteiger partial charge on any atom is 0.264 e. The fraction of sp³-hybridized carbons (Fsp3) is 0.355. The summed E-state index contributed by atoms with van der Waals surface area (Å²) in [7, 11) is -4.19. The first kappa shape index (κ1) is 32.4. The lowest BCUT2D eigenvalue weighted by Gasteiger charge is -2.34. The topological polar surface area (TPSA) is 86.8 Å². The van der Waals surface area contributed by atoms with Crippen molar-refractivity contribution in [3.05, 3.63) is 93.5 Å². The van der Waals surface area contributed by atoms with Gasteiger partial charge in [-0.15, -0.1) is 0 Å². The molecule has 10 heteroatoms. The number of nitrogens with one attached hydrogen (secondary N) is 1. The van der Waals surface area contributed by atoms with E-state index in [0.717, 1.165) is 9.87 Å². The third-order valence-corrected chi connectivity index (χ3v) is 9.32. The van der Waals surface area contributed by atoms with Gasteiger partial charge in [0.1, 0.15) is 12.6 Å². The number of carbonyl (C=O) groups is 2. The molecule has 0 unspecified atom stereocenters. The van der Waals surface area contributed by atoms with E-state index in [1.165, 1.54) is 17.0 Å². The minimum Gasteiger partial charge on any atom is -0.354 e. The van der Waals surface area contributed by atoms with Gasteiger partial charge in [-0.3, -0.25) is 13.9 Å². The first-order valence-corrected chi connectivity index (χ1v) is 15.7. The van der Waals surface area contributed by atoms with Crippen molar-refractivity contribution in [3.63, 3.8) is 0 Å². The van der Waals surface area contributed by atoms with Crippen molar-refractivity contribution in [2.45, 2.75) is 58.5 Å². The van der Waals surface area contributed by atoms with Crippen LogP contribution >= 0.6 is 23.2 Å². The highest BCUT2D eigenvalue weighted by Gasteiger charge is 2.34. The van der Waals surface area contributed by atoms with E-state index in [0.29, 0.717) is 34.1 Å². The second-order valence-corrected chi connectivity index (χ2v) is 13.1. The van der Waals surface area contributed by atoms with Crippen LogP contribution in [-0.4, -0.2) is 44.3 Å². The maximum absolute atomic E-state index is 14.2. The number of nitrogens with zero attached hydrogens (tertiary/aromatic N) is 2. The number of amides is 2. The van der Waals surface area contributed by atoms with Crippen LogP contribution in [0.25, 0.3) is 0 Å². The molecule has 2 amide bonds. The summed E-state index contributed by atoms with van der Waals surface area (Å²) in [4.78, 5) is 28.9. The molecule has 1 atom stereocenters. The molecule has 0 aliphatic rings. The number of rotatable bonds is 12. The minimum absolute atomic E-state index is 0.0268. The van der Waals surface area contributed by atoms with Crippen molar-refractivity contribution in [1.29, 1.82) is 0 Å². The molecule has 0 radical (unpaired) electrons. The molecule has 0 aliphatic heterocycles. The number of carbonyl (C=O) groups excluding carboxylic acids is 2. The van der Waals surface area contributed by atoms with Crippen molar-refractivity contribution in [1.82, 2.24) is 10.2 Å². The molecule has 41 heavy (non-hydrogen) atoms. The van der Waals surface area contributed by atoms with Crippen LogP contribution in [0.5, 0.6) is 0 Å². The Morgan fingerprint density at radius 1 is 0.902 bits per heavy atom. The lowest BCUT2D eigenvalue weighted by molar-refractivity contribution is -0.140. The predicted octanol–water partition coefficient (Wildman–Crippen LogP) is 6.39. The molecule has 3 rings (SSSR count). The Morgan fingerprint density at radius 2 is 1.54 bits per heavy atom. The molecule has 220 valence electrons. The van der Waals surface area contributed by atoms with Crippen molar-refractivity contribution in [2.75, 3.05) is 17.4 Å². The van der Waals surface area contributed by atoms with Gasteiger partial charge in [-0.2, -0.15) is 0 Å². The van der Waals surface area contributed by atoms with Crippen molar-refractivity contribution >= 4 is 50.7 Å². The zero-order valence-corrected chi connectivity index (χ0v) is 26.4. The Morgan fingerprint density at radius 3 is 2.15 bits per heavy atom. The molecule has 3 aromatic carbocycles. The monoisotopic (exact) mass is 617 g/mol. The summed E-state index contributed by atoms with van der Waals surface area (Å²) in [6.07, 6.45) is 0.320.